The Morgan fingerprint density at radius 3 is 2.91 bits per heavy atom. The van der Waals surface area contributed by atoms with Gasteiger partial charge in [0.15, 0.2) is 0 Å². The summed E-state index contributed by atoms with van der Waals surface area (Å²) < 4.78 is 0. The summed E-state index contributed by atoms with van der Waals surface area (Å²) in [7, 11) is 0. The molecule has 0 saturated carbocycles. The van der Waals surface area contributed by atoms with Crippen LogP contribution >= 0.6 is 11.6 Å². The average molecular weight is 166 g/mol. The highest BCUT2D eigenvalue weighted by molar-refractivity contribution is 6.30. The zero-order chi connectivity index (χ0) is 8.10. The summed E-state index contributed by atoms with van der Waals surface area (Å²) >= 11 is 5.77. The van der Waals surface area contributed by atoms with E-state index in [1.807, 2.05) is 36.4 Å². The SMILES string of the molecule is [CH2]CC=Cc1cccc(Cl)c1. The van der Waals surface area contributed by atoms with Crippen LogP contribution in [0.2, 0.25) is 5.02 Å². The second-order valence-electron chi connectivity index (χ2n) is 2.25. The molecule has 0 unspecified atom stereocenters. The maximum absolute atomic E-state index is 5.77. The molecule has 0 aliphatic heterocycles. The molecule has 0 saturated heterocycles. The maximum Gasteiger partial charge on any atom is 0.0411 e. The van der Waals surface area contributed by atoms with Crippen molar-refractivity contribution >= 4 is 17.7 Å². The molecular weight excluding hydrogens is 156 g/mol. The Bertz CT molecular complexity index is 251. The van der Waals surface area contributed by atoms with Crippen LogP contribution in [0, 0.1) is 6.92 Å². The molecule has 57 valence electrons. The molecule has 1 heteroatoms. The van der Waals surface area contributed by atoms with Gasteiger partial charge < -0.3 is 0 Å². The van der Waals surface area contributed by atoms with Gasteiger partial charge in [-0.2, -0.15) is 0 Å². The zero-order valence-corrected chi connectivity index (χ0v) is 7.01. The fraction of sp³-hybridized carbons (Fsp3) is 0.100. The predicted molar refractivity (Wildman–Crippen MR) is 50.5 cm³/mol. The van der Waals surface area contributed by atoms with Crippen LogP contribution in [0.3, 0.4) is 0 Å². The molecule has 11 heavy (non-hydrogen) atoms. The van der Waals surface area contributed by atoms with Gasteiger partial charge in [-0.1, -0.05) is 35.9 Å². The second kappa shape index (κ2) is 4.20. The Morgan fingerprint density at radius 1 is 1.45 bits per heavy atom. The van der Waals surface area contributed by atoms with Gasteiger partial charge in [0.05, 0.1) is 0 Å². The quantitative estimate of drug-likeness (QED) is 0.629. The van der Waals surface area contributed by atoms with Gasteiger partial charge in [-0.15, -0.1) is 0 Å². The Morgan fingerprint density at radius 2 is 2.27 bits per heavy atom. The smallest absolute Gasteiger partial charge is 0.0411 e. The van der Waals surface area contributed by atoms with Gasteiger partial charge in [-0.05, 0) is 31.0 Å². The van der Waals surface area contributed by atoms with Crippen molar-refractivity contribution in [1.82, 2.24) is 0 Å². The zero-order valence-electron chi connectivity index (χ0n) is 6.26. The number of hydrogen-bond acceptors (Lipinski definition) is 0. The van der Waals surface area contributed by atoms with Gasteiger partial charge >= 0.3 is 0 Å². The van der Waals surface area contributed by atoms with Crippen LogP contribution in [0.5, 0.6) is 0 Å². The molecule has 0 atom stereocenters. The highest BCUT2D eigenvalue weighted by atomic mass is 35.5. The first kappa shape index (κ1) is 8.35. The van der Waals surface area contributed by atoms with Gasteiger partial charge in [0.1, 0.15) is 0 Å². The van der Waals surface area contributed by atoms with Gasteiger partial charge in [0, 0.05) is 5.02 Å². The normalized spacial score (nSPS) is 10.7. The lowest BCUT2D eigenvalue weighted by molar-refractivity contribution is 1.42. The van der Waals surface area contributed by atoms with E-state index in [1.54, 1.807) is 0 Å². The largest absolute Gasteiger partial charge is 0.0843 e. The number of hydrogen-bond donors (Lipinski definition) is 0. The number of halogens is 1. The Labute approximate surface area is 72.5 Å². The van der Waals surface area contributed by atoms with E-state index in [1.165, 1.54) is 0 Å². The summed E-state index contributed by atoms with van der Waals surface area (Å²) in [6.45, 7) is 3.70. The molecule has 0 bridgehead atoms. The van der Waals surface area contributed by atoms with E-state index in [9.17, 15) is 0 Å². The molecule has 1 aromatic carbocycles. The minimum atomic E-state index is 0.774. The van der Waals surface area contributed by atoms with Crippen LogP contribution in [0.4, 0.5) is 0 Å². The molecule has 0 amide bonds. The Hall–Kier alpha value is -0.750. The van der Waals surface area contributed by atoms with Gasteiger partial charge in [-0.3, -0.25) is 0 Å². The lowest BCUT2D eigenvalue weighted by Crippen LogP contribution is -1.69. The summed E-state index contributed by atoms with van der Waals surface area (Å²) in [6.07, 6.45) is 4.83. The molecule has 0 nitrogen and oxygen atoms in total. The first-order valence-corrected chi connectivity index (χ1v) is 3.92. The summed E-state index contributed by atoms with van der Waals surface area (Å²) in [4.78, 5) is 0. The second-order valence-corrected chi connectivity index (χ2v) is 2.68. The van der Waals surface area contributed by atoms with Crippen molar-refractivity contribution < 1.29 is 0 Å². The topological polar surface area (TPSA) is 0 Å². The minimum absolute atomic E-state index is 0.774. The summed E-state index contributed by atoms with van der Waals surface area (Å²) in [5.41, 5.74) is 1.13. The lowest BCUT2D eigenvalue weighted by atomic mass is 10.2. The van der Waals surface area contributed by atoms with Crippen molar-refractivity contribution in [3.8, 4) is 0 Å². The van der Waals surface area contributed by atoms with Crippen molar-refractivity contribution in [2.45, 2.75) is 6.42 Å². The summed E-state index contributed by atoms with van der Waals surface area (Å²) in [6, 6.07) is 7.74. The highest BCUT2D eigenvalue weighted by Crippen LogP contribution is 2.11. The van der Waals surface area contributed by atoms with Crippen LogP contribution in [0.15, 0.2) is 30.3 Å². The van der Waals surface area contributed by atoms with Crippen LogP contribution in [0.1, 0.15) is 12.0 Å². The van der Waals surface area contributed by atoms with E-state index in [-0.39, 0.29) is 0 Å². The Balaban J connectivity index is 2.79. The van der Waals surface area contributed by atoms with Crippen LogP contribution in [0.25, 0.3) is 6.08 Å². The maximum atomic E-state index is 5.77. The monoisotopic (exact) mass is 165 g/mol. The number of allylic oxidation sites excluding steroid dienone is 1. The van der Waals surface area contributed by atoms with E-state index >= 15 is 0 Å². The van der Waals surface area contributed by atoms with Crippen LogP contribution < -0.4 is 0 Å². The van der Waals surface area contributed by atoms with Crippen molar-refractivity contribution in [2.75, 3.05) is 0 Å². The predicted octanol–water partition coefficient (Wildman–Crippen LogP) is 3.58. The van der Waals surface area contributed by atoms with E-state index in [0.29, 0.717) is 0 Å². The van der Waals surface area contributed by atoms with E-state index in [0.717, 1.165) is 17.0 Å². The van der Waals surface area contributed by atoms with Gasteiger partial charge in [0.25, 0.3) is 0 Å². The third-order valence-electron chi connectivity index (χ3n) is 1.33. The first-order valence-electron chi connectivity index (χ1n) is 3.54. The molecule has 0 aliphatic carbocycles. The number of rotatable bonds is 2. The molecule has 0 aromatic heterocycles. The van der Waals surface area contributed by atoms with Crippen LogP contribution in [-0.2, 0) is 0 Å². The summed E-state index contributed by atoms with van der Waals surface area (Å²) in [5, 5.41) is 0.774. The van der Waals surface area contributed by atoms with Crippen molar-refractivity contribution in [1.29, 1.82) is 0 Å². The van der Waals surface area contributed by atoms with E-state index < -0.39 is 0 Å². The molecule has 1 radical (unpaired) electrons. The summed E-state index contributed by atoms with van der Waals surface area (Å²) in [5.74, 6) is 0. The Kier molecular flexibility index (Phi) is 3.18. The third kappa shape index (κ3) is 2.77. The van der Waals surface area contributed by atoms with Crippen molar-refractivity contribution in [3.05, 3.63) is 47.9 Å². The molecular formula is C10H10Cl. The fourth-order valence-electron chi connectivity index (χ4n) is 0.830. The number of benzene rings is 1. The van der Waals surface area contributed by atoms with Gasteiger partial charge in [0.2, 0.25) is 0 Å². The minimum Gasteiger partial charge on any atom is -0.0843 e. The average Bonchev–Trinajstić information content (AvgIpc) is 2.01. The molecule has 0 aliphatic rings. The molecule has 0 spiro atoms. The van der Waals surface area contributed by atoms with E-state index in [4.69, 9.17) is 11.6 Å². The van der Waals surface area contributed by atoms with Gasteiger partial charge in [-0.25, -0.2) is 0 Å². The molecule has 0 N–H and O–H groups in total. The van der Waals surface area contributed by atoms with Crippen molar-refractivity contribution in [2.24, 2.45) is 0 Å². The van der Waals surface area contributed by atoms with E-state index in [2.05, 4.69) is 6.92 Å². The first-order chi connectivity index (χ1) is 5.33. The highest BCUT2D eigenvalue weighted by Gasteiger charge is 1.86. The van der Waals surface area contributed by atoms with Crippen molar-refractivity contribution in [3.63, 3.8) is 0 Å². The van der Waals surface area contributed by atoms with Crippen LogP contribution in [-0.4, -0.2) is 0 Å². The lowest BCUT2D eigenvalue weighted by Gasteiger charge is -1.92. The standard InChI is InChI=1S/C10H10Cl/c1-2-3-5-9-6-4-7-10(11)8-9/h3-8H,1-2H2. The molecule has 1 aromatic rings. The molecule has 1 rings (SSSR count). The fourth-order valence-corrected chi connectivity index (χ4v) is 1.03. The molecule has 0 fully saturated rings. The third-order valence-corrected chi connectivity index (χ3v) is 1.56. The molecule has 0 heterocycles.